The molecule has 2 aromatic rings. The molecular weight excluding hydrogens is 390 g/mol. The molecule has 0 saturated heterocycles. The number of hydrogen-bond donors (Lipinski definition) is 1. The normalized spacial score (nSPS) is 13.4. The van der Waals surface area contributed by atoms with Gasteiger partial charge in [0.25, 0.3) is 5.91 Å². The van der Waals surface area contributed by atoms with E-state index in [9.17, 15) is 18.4 Å². The van der Waals surface area contributed by atoms with Crippen LogP contribution < -0.4 is 10.1 Å². The lowest BCUT2D eigenvalue weighted by Crippen LogP contribution is -2.41. The minimum atomic E-state index is -3.03. The molecule has 1 saturated carbocycles. The number of carbonyl (C=O) groups is 2. The first-order chi connectivity index (χ1) is 14.3. The van der Waals surface area contributed by atoms with Crippen LogP contribution in [0.25, 0.3) is 0 Å². The Morgan fingerprint density at radius 2 is 1.77 bits per heavy atom. The van der Waals surface area contributed by atoms with Gasteiger partial charge in [0, 0.05) is 12.6 Å². The molecule has 160 valence electrons. The predicted molar refractivity (Wildman–Crippen MR) is 110 cm³/mol. The monoisotopic (exact) mass is 416 g/mol. The molecule has 0 unspecified atom stereocenters. The zero-order valence-corrected chi connectivity index (χ0v) is 17.1. The summed E-state index contributed by atoms with van der Waals surface area (Å²) < 4.78 is 29.5. The Kier molecular flexibility index (Phi) is 7.03. The average molecular weight is 416 g/mol. The smallest absolute Gasteiger partial charge is 0.387 e. The first-order valence-corrected chi connectivity index (χ1v) is 10.1. The van der Waals surface area contributed by atoms with Gasteiger partial charge in [-0.1, -0.05) is 50.2 Å². The second-order valence-corrected chi connectivity index (χ2v) is 7.71. The van der Waals surface area contributed by atoms with Crippen molar-refractivity contribution in [2.24, 2.45) is 0 Å². The Hall–Kier alpha value is -2.96. The van der Waals surface area contributed by atoms with Gasteiger partial charge in [0.15, 0.2) is 0 Å². The number of halogens is 2. The summed E-state index contributed by atoms with van der Waals surface area (Å²) in [5, 5.41) is 2.53. The molecule has 0 heterocycles. The molecule has 1 fully saturated rings. The number of amides is 2. The largest absolute Gasteiger partial charge is 0.434 e. The van der Waals surface area contributed by atoms with Crippen molar-refractivity contribution in [3.8, 4) is 5.75 Å². The van der Waals surface area contributed by atoms with Crippen molar-refractivity contribution in [3.63, 3.8) is 0 Å². The van der Waals surface area contributed by atoms with Crippen LogP contribution in [-0.4, -0.2) is 35.9 Å². The number of para-hydroxylation sites is 1. The molecule has 1 aliphatic rings. The molecule has 0 bridgehead atoms. The van der Waals surface area contributed by atoms with Gasteiger partial charge in [-0.3, -0.25) is 9.59 Å². The van der Waals surface area contributed by atoms with Crippen LogP contribution in [0, 0.1) is 0 Å². The molecule has 1 N–H and O–H groups in total. The Morgan fingerprint density at radius 1 is 1.10 bits per heavy atom. The summed E-state index contributed by atoms with van der Waals surface area (Å²) in [6.07, 6.45) is 1.88. The summed E-state index contributed by atoms with van der Waals surface area (Å²) in [4.78, 5) is 26.9. The molecule has 0 aliphatic heterocycles. The van der Waals surface area contributed by atoms with E-state index in [4.69, 9.17) is 0 Å². The van der Waals surface area contributed by atoms with Gasteiger partial charge in [0.05, 0.1) is 12.1 Å². The van der Waals surface area contributed by atoms with Crippen molar-refractivity contribution in [1.29, 1.82) is 0 Å². The fourth-order valence-electron chi connectivity index (χ4n) is 3.22. The number of rotatable bonds is 9. The molecule has 2 amide bonds. The molecule has 30 heavy (non-hydrogen) atoms. The number of benzene rings is 2. The van der Waals surface area contributed by atoms with Crippen LogP contribution in [0.15, 0.2) is 48.5 Å². The molecule has 0 aromatic heterocycles. The van der Waals surface area contributed by atoms with Gasteiger partial charge in [-0.25, -0.2) is 0 Å². The lowest BCUT2D eigenvalue weighted by atomic mass is 10.0. The molecule has 2 aromatic carbocycles. The molecule has 0 radical (unpaired) electrons. The van der Waals surface area contributed by atoms with E-state index in [0.717, 1.165) is 18.4 Å². The van der Waals surface area contributed by atoms with Gasteiger partial charge in [-0.05, 0) is 42.0 Å². The highest BCUT2D eigenvalue weighted by molar-refractivity contribution is 5.98. The van der Waals surface area contributed by atoms with E-state index in [0.29, 0.717) is 12.5 Å². The predicted octanol–water partition coefficient (Wildman–Crippen LogP) is 4.33. The van der Waals surface area contributed by atoms with E-state index >= 15 is 0 Å². The highest BCUT2D eigenvalue weighted by Crippen LogP contribution is 2.29. The SMILES string of the molecule is CC(C)c1ccc(CN(C(=O)CNC(=O)c2ccccc2OC(F)F)C2CC2)cc1. The van der Waals surface area contributed by atoms with Crippen molar-refractivity contribution in [2.75, 3.05) is 6.54 Å². The number of nitrogens with zero attached hydrogens (tertiary/aromatic N) is 1. The van der Waals surface area contributed by atoms with Gasteiger partial charge in [0.2, 0.25) is 5.91 Å². The molecular formula is C23H26F2N2O3. The van der Waals surface area contributed by atoms with Crippen LogP contribution in [0.3, 0.4) is 0 Å². The Bertz CT molecular complexity index is 880. The number of alkyl halides is 2. The van der Waals surface area contributed by atoms with Gasteiger partial charge in [-0.2, -0.15) is 8.78 Å². The van der Waals surface area contributed by atoms with E-state index in [1.165, 1.54) is 23.8 Å². The lowest BCUT2D eigenvalue weighted by molar-refractivity contribution is -0.131. The Morgan fingerprint density at radius 3 is 2.37 bits per heavy atom. The molecule has 7 heteroatoms. The van der Waals surface area contributed by atoms with E-state index in [1.54, 1.807) is 11.0 Å². The van der Waals surface area contributed by atoms with E-state index in [-0.39, 0.29) is 29.8 Å². The van der Waals surface area contributed by atoms with Crippen LogP contribution in [0.4, 0.5) is 8.78 Å². The maximum Gasteiger partial charge on any atom is 0.387 e. The summed E-state index contributed by atoms with van der Waals surface area (Å²) in [5.41, 5.74) is 2.23. The van der Waals surface area contributed by atoms with E-state index in [1.807, 2.05) is 12.1 Å². The van der Waals surface area contributed by atoms with Gasteiger partial charge >= 0.3 is 6.61 Å². The fraction of sp³-hybridized carbons (Fsp3) is 0.391. The van der Waals surface area contributed by atoms with E-state index in [2.05, 4.69) is 36.0 Å². The van der Waals surface area contributed by atoms with E-state index < -0.39 is 12.5 Å². The second kappa shape index (κ2) is 9.69. The third-order valence-corrected chi connectivity index (χ3v) is 5.06. The maximum absolute atomic E-state index is 12.8. The van der Waals surface area contributed by atoms with Crippen LogP contribution in [0.5, 0.6) is 5.75 Å². The number of hydrogen-bond acceptors (Lipinski definition) is 3. The zero-order valence-electron chi connectivity index (χ0n) is 17.1. The highest BCUT2D eigenvalue weighted by atomic mass is 19.3. The van der Waals surface area contributed by atoms with Crippen molar-refractivity contribution in [2.45, 2.75) is 51.8 Å². The molecule has 0 spiro atoms. The highest BCUT2D eigenvalue weighted by Gasteiger charge is 2.32. The standard InChI is InChI=1S/C23H26F2N2O3/c1-15(2)17-9-7-16(8-10-17)14-27(18-11-12-18)21(28)13-26-22(29)19-5-3-4-6-20(19)30-23(24)25/h3-10,15,18,23H,11-14H2,1-2H3,(H,26,29). The van der Waals surface area contributed by atoms with Crippen LogP contribution >= 0.6 is 0 Å². The first-order valence-electron chi connectivity index (χ1n) is 10.1. The van der Waals surface area contributed by atoms with Gasteiger partial charge < -0.3 is 15.0 Å². The van der Waals surface area contributed by atoms with Crippen LogP contribution in [0.1, 0.15) is 54.1 Å². The summed E-state index contributed by atoms with van der Waals surface area (Å²) >= 11 is 0. The zero-order chi connectivity index (χ0) is 21.7. The number of ether oxygens (including phenoxy) is 1. The van der Waals surface area contributed by atoms with Crippen LogP contribution in [-0.2, 0) is 11.3 Å². The quantitative estimate of drug-likeness (QED) is 0.662. The second-order valence-electron chi connectivity index (χ2n) is 7.71. The maximum atomic E-state index is 12.8. The van der Waals surface area contributed by atoms with Crippen LogP contribution in [0.2, 0.25) is 0 Å². The topological polar surface area (TPSA) is 58.6 Å². The summed E-state index contributed by atoms with van der Waals surface area (Å²) in [5.74, 6) is -0.614. The van der Waals surface area contributed by atoms with Crippen molar-refractivity contribution in [1.82, 2.24) is 10.2 Å². The average Bonchev–Trinajstić information content (AvgIpc) is 3.55. The molecule has 3 rings (SSSR count). The third-order valence-electron chi connectivity index (χ3n) is 5.06. The lowest BCUT2D eigenvalue weighted by Gasteiger charge is -2.23. The van der Waals surface area contributed by atoms with Crippen molar-refractivity contribution >= 4 is 11.8 Å². The summed E-state index contributed by atoms with van der Waals surface area (Å²) in [6.45, 7) is 1.49. The molecule has 0 atom stereocenters. The summed E-state index contributed by atoms with van der Waals surface area (Å²) in [7, 11) is 0. The van der Waals surface area contributed by atoms with Crippen molar-refractivity contribution < 1.29 is 23.1 Å². The third kappa shape index (κ3) is 5.78. The minimum absolute atomic E-state index is 0.0344. The number of carbonyl (C=O) groups excluding carboxylic acids is 2. The Labute approximate surface area is 175 Å². The Balaban J connectivity index is 1.61. The van der Waals surface area contributed by atoms with Gasteiger partial charge in [0.1, 0.15) is 5.75 Å². The van der Waals surface area contributed by atoms with Crippen molar-refractivity contribution in [3.05, 3.63) is 65.2 Å². The van der Waals surface area contributed by atoms with Gasteiger partial charge in [-0.15, -0.1) is 0 Å². The molecule has 1 aliphatic carbocycles. The number of nitrogens with one attached hydrogen (secondary N) is 1. The summed E-state index contributed by atoms with van der Waals surface area (Å²) in [6, 6.07) is 14.1. The minimum Gasteiger partial charge on any atom is -0.434 e. The molecule has 5 nitrogen and oxygen atoms in total. The first kappa shape index (κ1) is 21.7. The fourth-order valence-corrected chi connectivity index (χ4v) is 3.22.